The maximum absolute atomic E-state index is 12.1. The molecule has 0 saturated carbocycles. The number of aryl methyl sites for hydroxylation is 1. The molecule has 0 aliphatic rings. The zero-order valence-corrected chi connectivity index (χ0v) is 17.7. The second-order valence-corrected chi connectivity index (χ2v) is 7.51. The van der Waals surface area contributed by atoms with Crippen molar-refractivity contribution in [2.24, 2.45) is 0 Å². The summed E-state index contributed by atoms with van der Waals surface area (Å²) in [6.07, 6.45) is 4.93. The number of unbranched alkanes of at least 4 members (excludes halogenated alkanes) is 1. The van der Waals surface area contributed by atoms with Crippen molar-refractivity contribution in [1.82, 2.24) is 4.57 Å². The maximum atomic E-state index is 12.1. The average molecular weight is 442 g/mol. The average Bonchev–Trinajstić information content (AvgIpc) is 3.13. The van der Waals surface area contributed by atoms with Gasteiger partial charge in [-0.2, -0.15) is 0 Å². The third-order valence-corrected chi connectivity index (χ3v) is 5.26. The van der Waals surface area contributed by atoms with Gasteiger partial charge in [-0.3, -0.25) is 14.7 Å². The van der Waals surface area contributed by atoms with Gasteiger partial charge in [-0.15, -0.1) is 0 Å². The predicted molar refractivity (Wildman–Crippen MR) is 128 cm³/mol. The second kappa shape index (κ2) is 9.82. The van der Waals surface area contributed by atoms with E-state index in [2.05, 4.69) is 5.32 Å². The molecule has 7 heteroatoms. The molecule has 0 unspecified atom stereocenters. The number of rotatable bonds is 8. The fraction of sp³-hybridized carbons (Fsp3) is 0.115. The lowest BCUT2D eigenvalue weighted by Crippen LogP contribution is -2.13. The number of fused-ring (bicyclic) bond motifs is 1. The molecule has 1 heterocycles. The summed E-state index contributed by atoms with van der Waals surface area (Å²) in [5.74, 6) is -0.446. The Hall–Kier alpha value is -4.39. The van der Waals surface area contributed by atoms with E-state index >= 15 is 0 Å². The highest BCUT2D eigenvalue weighted by Crippen LogP contribution is 2.29. The first-order valence-electron chi connectivity index (χ1n) is 10.5. The standard InChI is InChI=1S/C26H22N2O5/c29-17-19-11-13-23-24(16-19)33-26(32)28(23)14-6-2-3-7-18-10-12-21(20-8-4-1-5-9-20)22(15-18)27-25(30)31/h1,3-5,7-13,15-17,27H,2,6,14H2,(H,30,31)/b7-3+. The zero-order chi connectivity index (χ0) is 23.2. The first-order chi connectivity index (χ1) is 16.0. The largest absolute Gasteiger partial charge is 0.465 e. The van der Waals surface area contributed by atoms with Crippen LogP contribution in [-0.4, -0.2) is 22.1 Å². The van der Waals surface area contributed by atoms with E-state index in [0.29, 0.717) is 48.0 Å². The van der Waals surface area contributed by atoms with Crippen LogP contribution in [-0.2, 0) is 6.54 Å². The quantitative estimate of drug-likeness (QED) is 0.271. The van der Waals surface area contributed by atoms with Crippen molar-refractivity contribution in [3.8, 4) is 11.1 Å². The minimum absolute atomic E-state index is 0.400. The maximum Gasteiger partial charge on any atom is 0.419 e. The lowest BCUT2D eigenvalue weighted by molar-refractivity contribution is 0.112. The number of carbonyl (C=O) groups is 2. The Bertz CT molecular complexity index is 1380. The summed E-state index contributed by atoms with van der Waals surface area (Å²) in [6, 6.07) is 20.1. The fourth-order valence-electron chi connectivity index (χ4n) is 3.71. The normalized spacial score (nSPS) is 11.2. The van der Waals surface area contributed by atoms with Gasteiger partial charge in [-0.25, -0.2) is 9.59 Å². The topological polar surface area (TPSA) is 102 Å². The molecule has 0 aliphatic heterocycles. The van der Waals surface area contributed by atoms with Gasteiger partial charge in [0.25, 0.3) is 0 Å². The van der Waals surface area contributed by atoms with Crippen LogP contribution in [0.25, 0.3) is 28.3 Å². The Balaban J connectivity index is 1.44. The van der Waals surface area contributed by atoms with Crippen LogP contribution in [0.3, 0.4) is 0 Å². The number of oxazole rings is 1. The first-order valence-corrected chi connectivity index (χ1v) is 10.5. The van der Waals surface area contributed by atoms with E-state index in [1.54, 1.807) is 28.8 Å². The van der Waals surface area contributed by atoms with Gasteiger partial charge in [0.15, 0.2) is 5.58 Å². The van der Waals surface area contributed by atoms with Gasteiger partial charge in [0.05, 0.1) is 11.2 Å². The summed E-state index contributed by atoms with van der Waals surface area (Å²) < 4.78 is 6.79. The molecule has 166 valence electrons. The van der Waals surface area contributed by atoms with Crippen molar-refractivity contribution in [3.63, 3.8) is 0 Å². The van der Waals surface area contributed by atoms with E-state index in [1.807, 2.05) is 54.6 Å². The Labute approximate surface area is 189 Å². The molecule has 0 fully saturated rings. The fourth-order valence-corrected chi connectivity index (χ4v) is 3.71. The van der Waals surface area contributed by atoms with Crippen LogP contribution in [0.15, 0.2) is 82.0 Å². The number of aldehydes is 1. The minimum Gasteiger partial charge on any atom is -0.465 e. The predicted octanol–water partition coefficient (Wildman–Crippen LogP) is 5.66. The summed E-state index contributed by atoms with van der Waals surface area (Å²) in [5.41, 5.74) is 4.63. The number of hydrogen-bond acceptors (Lipinski definition) is 4. The van der Waals surface area contributed by atoms with E-state index in [9.17, 15) is 19.5 Å². The second-order valence-electron chi connectivity index (χ2n) is 7.51. The van der Waals surface area contributed by atoms with Crippen molar-refractivity contribution in [1.29, 1.82) is 0 Å². The van der Waals surface area contributed by atoms with Crippen LogP contribution in [0.5, 0.6) is 0 Å². The first kappa shape index (κ1) is 21.8. The van der Waals surface area contributed by atoms with E-state index in [1.165, 1.54) is 0 Å². The molecule has 1 aromatic heterocycles. The van der Waals surface area contributed by atoms with Crippen molar-refractivity contribution in [2.75, 3.05) is 5.32 Å². The van der Waals surface area contributed by atoms with Crippen LogP contribution >= 0.6 is 0 Å². The molecule has 1 amide bonds. The summed E-state index contributed by atoms with van der Waals surface area (Å²) >= 11 is 0. The SMILES string of the molecule is O=Cc1ccc2c(c1)oc(=O)n2CCC/C=C/c1ccc(-c2ccccc2)c(NC(=O)O)c1. The highest BCUT2D eigenvalue weighted by atomic mass is 16.4. The number of allylic oxidation sites excluding steroid dienone is 1. The number of carbonyl (C=O) groups excluding carboxylic acids is 1. The number of benzene rings is 3. The van der Waals surface area contributed by atoms with E-state index in [4.69, 9.17) is 4.42 Å². The molecule has 0 aliphatic carbocycles. The number of nitrogens with zero attached hydrogens (tertiary/aromatic N) is 1. The van der Waals surface area contributed by atoms with E-state index in [0.717, 1.165) is 16.7 Å². The van der Waals surface area contributed by atoms with Crippen LogP contribution < -0.4 is 11.1 Å². The molecule has 0 bridgehead atoms. The van der Waals surface area contributed by atoms with Crippen molar-refractivity contribution >= 4 is 35.2 Å². The molecule has 33 heavy (non-hydrogen) atoms. The van der Waals surface area contributed by atoms with Gasteiger partial charge in [-0.05, 0) is 48.2 Å². The zero-order valence-electron chi connectivity index (χ0n) is 17.7. The Morgan fingerprint density at radius 3 is 2.58 bits per heavy atom. The Morgan fingerprint density at radius 2 is 1.82 bits per heavy atom. The molecule has 0 atom stereocenters. The van der Waals surface area contributed by atoms with Gasteiger partial charge in [0.2, 0.25) is 0 Å². The number of anilines is 1. The van der Waals surface area contributed by atoms with Gasteiger partial charge >= 0.3 is 11.8 Å². The minimum atomic E-state index is -1.12. The van der Waals surface area contributed by atoms with E-state index in [-0.39, 0.29) is 0 Å². The van der Waals surface area contributed by atoms with Gasteiger partial charge in [-0.1, -0.05) is 54.6 Å². The molecule has 3 aromatic carbocycles. The molecule has 4 rings (SSSR count). The van der Waals surface area contributed by atoms with Crippen LogP contribution in [0.4, 0.5) is 10.5 Å². The molecular weight excluding hydrogens is 420 g/mol. The lowest BCUT2D eigenvalue weighted by Gasteiger charge is -2.10. The summed E-state index contributed by atoms with van der Waals surface area (Å²) in [5, 5.41) is 11.7. The Kier molecular flexibility index (Phi) is 6.50. The number of carboxylic acid groups (broad SMARTS) is 1. The molecular formula is C26H22N2O5. The number of amides is 1. The smallest absolute Gasteiger partial charge is 0.419 e. The third kappa shape index (κ3) is 5.10. The number of hydrogen-bond donors (Lipinski definition) is 2. The molecule has 0 saturated heterocycles. The molecule has 2 N–H and O–H groups in total. The number of nitrogens with one attached hydrogen (secondary N) is 1. The van der Waals surface area contributed by atoms with Crippen LogP contribution in [0, 0.1) is 0 Å². The van der Waals surface area contributed by atoms with Gasteiger partial charge in [0.1, 0.15) is 6.29 Å². The lowest BCUT2D eigenvalue weighted by atomic mass is 10.0. The Morgan fingerprint density at radius 1 is 1.03 bits per heavy atom. The summed E-state index contributed by atoms with van der Waals surface area (Å²) in [7, 11) is 0. The van der Waals surface area contributed by atoms with Crippen molar-refractivity contribution < 1.29 is 19.1 Å². The highest BCUT2D eigenvalue weighted by molar-refractivity contribution is 5.91. The summed E-state index contributed by atoms with van der Waals surface area (Å²) in [4.78, 5) is 34.3. The van der Waals surface area contributed by atoms with Gasteiger partial charge < -0.3 is 9.52 Å². The van der Waals surface area contributed by atoms with Crippen LogP contribution in [0.2, 0.25) is 0 Å². The van der Waals surface area contributed by atoms with Crippen molar-refractivity contribution in [2.45, 2.75) is 19.4 Å². The third-order valence-electron chi connectivity index (χ3n) is 5.26. The highest BCUT2D eigenvalue weighted by Gasteiger charge is 2.10. The molecule has 0 radical (unpaired) electrons. The van der Waals surface area contributed by atoms with Crippen molar-refractivity contribution in [3.05, 3.63) is 94.5 Å². The molecule has 7 nitrogen and oxygen atoms in total. The van der Waals surface area contributed by atoms with E-state index < -0.39 is 11.8 Å². The monoisotopic (exact) mass is 442 g/mol. The summed E-state index contributed by atoms with van der Waals surface area (Å²) in [6.45, 7) is 0.482. The molecule has 4 aromatic rings. The number of aromatic nitrogens is 1. The molecule has 0 spiro atoms. The van der Waals surface area contributed by atoms with Gasteiger partial charge in [0, 0.05) is 17.7 Å². The van der Waals surface area contributed by atoms with Crippen LogP contribution in [0.1, 0.15) is 28.8 Å².